The number of halogens is 1. The summed E-state index contributed by atoms with van der Waals surface area (Å²) >= 11 is 1.95. The van der Waals surface area contributed by atoms with Gasteiger partial charge in [-0.3, -0.25) is 9.59 Å². The van der Waals surface area contributed by atoms with E-state index in [1.165, 1.54) is 7.11 Å². The van der Waals surface area contributed by atoms with Gasteiger partial charge in [-0.15, -0.1) is 0 Å². The number of amides is 1. The number of carbonyl (C=O) groups is 2. The van der Waals surface area contributed by atoms with Crippen LogP contribution in [-0.4, -0.2) is 42.2 Å². The highest BCUT2D eigenvalue weighted by atomic mass is 127. The molecule has 0 bridgehead atoms. The molecule has 1 aliphatic heterocycles. The second-order valence-corrected chi connectivity index (χ2v) is 5.14. The standard InChI is InChI=1S/C10H16INO4/c1-15-10(14)8(11)6-12-9(13)5-7-3-2-4-16-7/h7-8H,2-6H2,1H3,(H,12,13). The van der Waals surface area contributed by atoms with E-state index in [9.17, 15) is 9.59 Å². The Morgan fingerprint density at radius 1 is 1.62 bits per heavy atom. The summed E-state index contributed by atoms with van der Waals surface area (Å²) in [4.78, 5) is 22.5. The molecule has 5 nitrogen and oxygen atoms in total. The summed E-state index contributed by atoms with van der Waals surface area (Å²) in [7, 11) is 1.34. The minimum absolute atomic E-state index is 0.0470. The Morgan fingerprint density at radius 2 is 2.38 bits per heavy atom. The fraction of sp³-hybridized carbons (Fsp3) is 0.800. The van der Waals surface area contributed by atoms with Gasteiger partial charge in [0.25, 0.3) is 0 Å². The van der Waals surface area contributed by atoms with Crippen molar-refractivity contribution in [3.05, 3.63) is 0 Å². The van der Waals surface area contributed by atoms with E-state index in [1.54, 1.807) is 0 Å². The molecule has 1 aliphatic rings. The predicted octanol–water partition coefficient (Wildman–Crippen LogP) is 0.648. The van der Waals surface area contributed by atoms with Crippen molar-refractivity contribution < 1.29 is 19.1 Å². The largest absolute Gasteiger partial charge is 0.468 e. The molecule has 1 amide bonds. The summed E-state index contributed by atoms with van der Waals surface area (Å²) in [6, 6.07) is 0. The Kier molecular flexibility index (Phi) is 6.04. The van der Waals surface area contributed by atoms with Gasteiger partial charge in [0.05, 0.1) is 19.6 Å². The van der Waals surface area contributed by atoms with Gasteiger partial charge in [0.1, 0.15) is 3.92 Å². The van der Waals surface area contributed by atoms with Crippen LogP contribution >= 0.6 is 22.6 Å². The van der Waals surface area contributed by atoms with Gasteiger partial charge < -0.3 is 14.8 Å². The van der Waals surface area contributed by atoms with E-state index in [4.69, 9.17) is 4.74 Å². The van der Waals surface area contributed by atoms with Crippen molar-refractivity contribution in [2.75, 3.05) is 20.3 Å². The third kappa shape index (κ3) is 4.65. The molecule has 92 valence electrons. The highest BCUT2D eigenvalue weighted by molar-refractivity contribution is 14.1. The number of carbonyl (C=O) groups excluding carboxylic acids is 2. The molecule has 0 radical (unpaired) electrons. The van der Waals surface area contributed by atoms with Crippen molar-refractivity contribution in [2.24, 2.45) is 0 Å². The Hall–Kier alpha value is -0.370. The second-order valence-electron chi connectivity index (χ2n) is 3.63. The summed E-state index contributed by atoms with van der Waals surface area (Å²) in [5.74, 6) is -0.393. The molecule has 1 N–H and O–H groups in total. The number of esters is 1. The average molecular weight is 341 g/mol. The maximum absolute atomic E-state index is 11.5. The van der Waals surface area contributed by atoms with Gasteiger partial charge in [-0.1, -0.05) is 22.6 Å². The van der Waals surface area contributed by atoms with E-state index in [0.29, 0.717) is 13.0 Å². The topological polar surface area (TPSA) is 64.6 Å². The number of alkyl halides is 1. The molecule has 6 heteroatoms. The number of rotatable bonds is 5. The molecule has 1 fully saturated rings. The zero-order valence-electron chi connectivity index (χ0n) is 9.20. The lowest BCUT2D eigenvalue weighted by Gasteiger charge is -2.11. The van der Waals surface area contributed by atoms with Crippen LogP contribution in [0.15, 0.2) is 0 Å². The maximum Gasteiger partial charge on any atom is 0.320 e. The smallest absolute Gasteiger partial charge is 0.320 e. The predicted molar refractivity (Wildman–Crippen MR) is 66.4 cm³/mol. The van der Waals surface area contributed by atoms with Gasteiger partial charge in [0, 0.05) is 13.2 Å². The molecule has 16 heavy (non-hydrogen) atoms. The molecule has 1 heterocycles. The van der Waals surface area contributed by atoms with E-state index in [-0.39, 0.29) is 21.9 Å². The van der Waals surface area contributed by atoms with E-state index in [2.05, 4.69) is 10.1 Å². The molecular formula is C10H16INO4. The third-order valence-electron chi connectivity index (χ3n) is 2.37. The number of ether oxygens (including phenoxy) is 2. The third-order valence-corrected chi connectivity index (χ3v) is 3.32. The van der Waals surface area contributed by atoms with Crippen LogP contribution in [0, 0.1) is 0 Å². The van der Waals surface area contributed by atoms with Crippen LogP contribution in [0.5, 0.6) is 0 Å². The van der Waals surface area contributed by atoms with Gasteiger partial charge in [-0.05, 0) is 12.8 Å². The van der Waals surface area contributed by atoms with Crippen LogP contribution in [0.3, 0.4) is 0 Å². The van der Waals surface area contributed by atoms with Gasteiger partial charge in [0.15, 0.2) is 0 Å². The monoisotopic (exact) mass is 341 g/mol. The van der Waals surface area contributed by atoms with Crippen LogP contribution in [0.25, 0.3) is 0 Å². The van der Waals surface area contributed by atoms with Crippen LogP contribution in [0.1, 0.15) is 19.3 Å². The Bertz CT molecular complexity index is 253. The van der Waals surface area contributed by atoms with Crippen LogP contribution < -0.4 is 5.32 Å². The molecule has 0 aromatic carbocycles. The lowest BCUT2D eigenvalue weighted by atomic mass is 10.2. The first-order valence-corrected chi connectivity index (χ1v) is 6.48. The average Bonchev–Trinajstić information content (AvgIpc) is 2.77. The van der Waals surface area contributed by atoms with Gasteiger partial charge >= 0.3 is 5.97 Å². The molecule has 0 aromatic heterocycles. The first kappa shape index (κ1) is 13.7. The van der Waals surface area contributed by atoms with Crippen molar-refractivity contribution in [2.45, 2.75) is 29.3 Å². The molecule has 2 atom stereocenters. The first-order valence-electron chi connectivity index (χ1n) is 5.23. The summed E-state index contributed by atoms with van der Waals surface area (Å²) in [5.41, 5.74) is 0. The molecule has 0 saturated carbocycles. The SMILES string of the molecule is COC(=O)C(I)CNC(=O)CC1CCCO1. The fourth-order valence-corrected chi connectivity index (χ4v) is 1.97. The van der Waals surface area contributed by atoms with E-state index < -0.39 is 0 Å². The van der Waals surface area contributed by atoms with E-state index in [0.717, 1.165) is 19.4 Å². The quantitative estimate of drug-likeness (QED) is 0.453. The number of methoxy groups -OCH3 is 1. The second kappa shape index (κ2) is 7.05. The zero-order chi connectivity index (χ0) is 12.0. The summed E-state index contributed by atoms with van der Waals surface area (Å²) in [5, 5.41) is 2.70. The summed E-state index contributed by atoms with van der Waals surface area (Å²) in [6.45, 7) is 1.05. The van der Waals surface area contributed by atoms with Gasteiger partial charge in [0.2, 0.25) is 5.91 Å². The Balaban J connectivity index is 2.16. The Labute approximate surface area is 108 Å². The lowest BCUT2D eigenvalue weighted by Crippen LogP contribution is -2.35. The molecule has 0 aromatic rings. The molecule has 0 spiro atoms. The lowest BCUT2D eigenvalue weighted by molar-refractivity contribution is -0.139. The van der Waals surface area contributed by atoms with Crippen molar-refractivity contribution >= 4 is 34.5 Å². The summed E-state index contributed by atoms with van der Waals surface area (Å²) < 4.78 is 9.56. The molecule has 2 unspecified atom stereocenters. The van der Waals surface area contributed by atoms with Gasteiger partial charge in [-0.25, -0.2) is 0 Å². The van der Waals surface area contributed by atoms with Crippen LogP contribution in [0.4, 0.5) is 0 Å². The van der Waals surface area contributed by atoms with Crippen molar-refractivity contribution in [1.82, 2.24) is 5.32 Å². The highest BCUT2D eigenvalue weighted by Gasteiger charge is 2.20. The fourth-order valence-electron chi connectivity index (χ4n) is 1.50. The number of nitrogens with one attached hydrogen (secondary N) is 1. The Morgan fingerprint density at radius 3 is 2.94 bits per heavy atom. The molecular weight excluding hydrogens is 325 g/mol. The minimum atomic E-state index is -0.337. The highest BCUT2D eigenvalue weighted by Crippen LogP contribution is 2.14. The van der Waals surface area contributed by atoms with Crippen LogP contribution in [-0.2, 0) is 19.1 Å². The summed E-state index contributed by atoms with van der Waals surface area (Å²) in [6.07, 6.45) is 2.39. The number of hydrogen-bond acceptors (Lipinski definition) is 4. The molecule has 1 saturated heterocycles. The molecule has 1 rings (SSSR count). The maximum atomic E-state index is 11.5. The van der Waals surface area contributed by atoms with E-state index in [1.807, 2.05) is 22.6 Å². The molecule has 0 aliphatic carbocycles. The van der Waals surface area contributed by atoms with Crippen molar-refractivity contribution in [1.29, 1.82) is 0 Å². The van der Waals surface area contributed by atoms with E-state index >= 15 is 0 Å². The van der Waals surface area contributed by atoms with Crippen molar-refractivity contribution in [3.8, 4) is 0 Å². The first-order chi connectivity index (χ1) is 7.63. The normalized spacial score (nSPS) is 21.5. The number of hydrogen-bond donors (Lipinski definition) is 1. The van der Waals surface area contributed by atoms with Crippen molar-refractivity contribution in [3.63, 3.8) is 0 Å². The van der Waals surface area contributed by atoms with Crippen LogP contribution in [0.2, 0.25) is 0 Å². The van der Waals surface area contributed by atoms with Gasteiger partial charge in [-0.2, -0.15) is 0 Å². The zero-order valence-corrected chi connectivity index (χ0v) is 11.4. The minimum Gasteiger partial charge on any atom is -0.468 e.